The highest BCUT2D eigenvalue weighted by Gasteiger charge is 2.26. The highest BCUT2D eigenvalue weighted by molar-refractivity contribution is 5.85. The fourth-order valence-electron chi connectivity index (χ4n) is 2.61. The summed E-state index contributed by atoms with van der Waals surface area (Å²) in [7, 11) is 2.18. The molecule has 2 fully saturated rings. The number of hydrogen-bond donors (Lipinski definition) is 1. The Morgan fingerprint density at radius 3 is 2.67 bits per heavy atom. The molecule has 0 aromatic rings. The van der Waals surface area contributed by atoms with Gasteiger partial charge in [0.05, 0.1) is 5.71 Å². The van der Waals surface area contributed by atoms with Crippen molar-refractivity contribution in [2.45, 2.75) is 31.7 Å². The van der Waals surface area contributed by atoms with Gasteiger partial charge in [-0.2, -0.15) is 0 Å². The number of hydrogen-bond acceptors (Lipinski definition) is 4. The number of piperazine rings is 1. The fraction of sp³-hybridized carbons (Fsp3) is 0.909. The van der Waals surface area contributed by atoms with Crippen LogP contribution in [0, 0.1) is 0 Å². The van der Waals surface area contributed by atoms with Gasteiger partial charge in [-0.25, -0.2) is 0 Å². The summed E-state index contributed by atoms with van der Waals surface area (Å²) in [5, 5.41) is 12.2. The summed E-state index contributed by atoms with van der Waals surface area (Å²) in [5.74, 6) is 0. The molecule has 0 spiro atoms. The number of oxime groups is 1. The summed E-state index contributed by atoms with van der Waals surface area (Å²) < 4.78 is 0. The van der Waals surface area contributed by atoms with E-state index >= 15 is 0 Å². The lowest BCUT2D eigenvalue weighted by molar-refractivity contribution is 0.105. The zero-order valence-electron chi connectivity index (χ0n) is 9.52. The Hall–Kier alpha value is -0.610. The second kappa shape index (κ2) is 4.94. The highest BCUT2D eigenvalue weighted by Crippen LogP contribution is 2.21. The van der Waals surface area contributed by atoms with Crippen molar-refractivity contribution >= 4 is 5.71 Å². The van der Waals surface area contributed by atoms with E-state index in [-0.39, 0.29) is 0 Å². The van der Waals surface area contributed by atoms with Crippen molar-refractivity contribution in [2.75, 3.05) is 33.2 Å². The van der Waals surface area contributed by atoms with E-state index in [1.807, 2.05) is 0 Å². The van der Waals surface area contributed by atoms with Crippen molar-refractivity contribution < 1.29 is 5.21 Å². The second-order valence-corrected chi connectivity index (χ2v) is 4.76. The number of nitrogens with zero attached hydrogens (tertiary/aromatic N) is 3. The van der Waals surface area contributed by atoms with Crippen LogP contribution in [0.3, 0.4) is 0 Å². The van der Waals surface area contributed by atoms with Gasteiger partial charge in [-0.3, -0.25) is 4.90 Å². The van der Waals surface area contributed by atoms with Crippen LogP contribution in [0.2, 0.25) is 0 Å². The van der Waals surface area contributed by atoms with Crippen LogP contribution in [0.25, 0.3) is 0 Å². The van der Waals surface area contributed by atoms with E-state index < -0.39 is 0 Å². The van der Waals surface area contributed by atoms with E-state index in [1.54, 1.807) is 0 Å². The van der Waals surface area contributed by atoms with Crippen molar-refractivity contribution in [1.29, 1.82) is 0 Å². The summed E-state index contributed by atoms with van der Waals surface area (Å²) in [4.78, 5) is 4.94. The molecule has 1 aliphatic heterocycles. The molecular weight excluding hydrogens is 190 g/mol. The Balaban J connectivity index is 1.87. The molecule has 0 aromatic heterocycles. The van der Waals surface area contributed by atoms with Crippen molar-refractivity contribution in [2.24, 2.45) is 5.16 Å². The fourth-order valence-corrected chi connectivity index (χ4v) is 2.61. The summed E-state index contributed by atoms with van der Waals surface area (Å²) in [6, 6.07) is 0.623. The first-order chi connectivity index (χ1) is 7.29. The minimum absolute atomic E-state index is 0.623. The summed E-state index contributed by atoms with van der Waals surface area (Å²) in [6.45, 7) is 4.67. The first kappa shape index (κ1) is 10.9. The number of likely N-dealkylation sites (N-methyl/N-ethyl adjacent to an activating group) is 1. The van der Waals surface area contributed by atoms with Crippen LogP contribution in [-0.2, 0) is 0 Å². The Morgan fingerprint density at radius 2 is 2.00 bits per heavy atom. The van der Waals surface area contributed by atoms with Gasteiger partial charge in [0.2, 0.25) is 0 Å². The molecule has 1 unspecified atom stereocenters. The molecule has 0 radical (unpaired) electrons. The molecule has 1 aliphatic carbocycles. The zero-order chi connectivity index (χ0) is 10.7. The maximum absolute atomic E-state index is 8.81. The lowest BCUT2D eigenvalue weighted by Gasteiger charge is -2.39. The lowest BCUT2D eigenvalue weighted by atomic mass is 9.92. The molecule has 1 heterocycles. The summed E-state index contributed by atoms with van der Waals surface area (Å²) in [5.41, 5.74) is 0.991. The van der Waals surface area contributed by atoms with Crippen LogP contribution in [0.5, 0.6) is 0 Å². The van der Waals surface area contributed by atoms with E-state index in [4.69, 9.17) is 5.21 Å². The third-order valence-corrected chi connectivity index (χ3v) is 3.67. The predicted octanol–water partition coefficient (Wildman–Crippen LogP) is 1.01. The van der Waals surface area contributed by atoms with E-state index in [1.165, 1.54) is 39.0 Å². The normalized spacial score (nSPS) is 33.4. The van der Waals surface area contributed by atoms with Crippen molar-refractivity contribution in [3.05, 3.63) is 0 Å². The first-order valence-corrected chi connectivity index (χ1v) is 5.92. The molecule has 1 saturated heterocycles. The molecule has 2 rings (SSSR count). The summed E-state index contributed by atoms with van der Waals surface area (Å²) in [6.07, 6.45) is 4.40. The largest absolute Gasteiger partial charge is 0.411 e. The molecule has 1 atom stereocenters. The third kappa shape index (κ3) is 2.69. The van der Waals surface area contributed by atoms with Crippen LogP contribution in [0.4, 0.5) is 0 Å². The molecule has 0 aromatic carbocycles. The maximum Gasteiger partial charge on any atom is 0.0586 e. The Morgan fingerprint density at radius 1 is 1.27 bits per heavy atom. The van der Waals surface area contributed by atoms with Crippen LogP contribution < -0.4 is 0 Å². The van der Waals surface area contributed by atoms with Gasteiger partial charge in [0.15, 0.2) is 0 Å². The molecular formula is C11H21N3O. The molecule has 1 saturated carbocycles. The van der Waals surface area contributed by atoms with Crippen LogP contribution >= 0.6 is 0 Å². The topological polar surface area (TPSA) is 39.1 Å². The standard InChI is InChI=1S/C11H21N3O/c1-13-5-7-14(8-6-13)11-4-2-3-10(9-11)12-15/h11,15H,2-9H2,1H3/b12-10+. The maximum atomic E-state index is 8.81. The van der Waals surface area contributed by atoms with Gasteiger partial charge < -0.3 is 10.1 Å². The summed E-state index contributed by atoms with van der Waals surface area (Å²) >= 11 is 0. The van der Waals surface area contributed by atoms with Gasteiger partial charge in [0.25, 0.3) is 0 Å². The second-order valence-electron chi connectivity index (χ2n) is 4.76. The average molecular weight is 211 g/mol. The average Bonchev–Trinajstić information content (AvgIpc) is 2.30. The van der Waals surface area contributed by atoms with Crippen molar-refractivity contribution in [1.82, 2.24) is 9.80 Å². The van der Waals surface area contributed by atoms with Crippen molar-refractivity contribution in [3.63, 3.8) is 0 Å². The molecule has 1 N–H and O–H groups in total. The van der Waals surface area contributed by atoms with E-state index in [0.29, 0.717) is 6.04 Å². The van der Waals surface area contributed by atoms with E-state index in [9.17, 15) is 0 Å². The van der Waals surface area contributed by atoms with Crippen LogP contribution in [-0.4, -0.2) is 60.0 Å². The van der Waals surface area contributed by atoms with Crippen LogP contribution in [0.15, 0.2) is 5.16 Å². The first-order valence-electron chi connectivity index (χ1n) is 5.92. The number of rotatable bonds is 1. The monoisotopic (exact) mass is 211 g/mol. The molecule has 15 heavy (non-hydrogen) atoms. The quantitative estimate of drug-likeness (QED) is 0.519. The minimum Gasteiger partial charge on any atom is -0.411 e. The van der Waals surface area contributed by atoms with Crippen molar-refractivity contribution in [3.8, 4) is 0 Å². The smallest absolute Gasteiger partial charge is 0.0586 e. The van der Waals surface area contributed by atoms with Gasteiger partial charge >= 0.3 is 0 Å². The zero-order valence-corrected chi connectivity index (χ0v) is 9.52. The van der Waals surface area contributed by atoms with E-state index in [0.717, 1.165) is 18.6 Å². The molecule has 0 amide bonds. The lowest BCUT2D eigenvalue weighted by Crippen LogP contribution is -2.50. The molecule has 4 nitrogen and oxygen atoms in total. The molecule has 0 bridgehead atoms. The van der Waals surface area contributed by atoms with Gasteiger partial charge in [-0.1, -0.05) is 5.16 Å². The molecule has 4 heteroatoms. The van der Waals surface area contributed by atoms with Gasteiger partial charge in [0.1, 0.15) is 0 Å². The Labute approximate surface area is 91.5 Å². The third-order valence-electron chi connectivity index (χ3n) is 3.67. The predicted molar refractivity (Wildman–Crippen MR) is 60.5 cm³/mol. The highest BCUT2D eigenvalue weighted by atomic mass is 16.4. The minimum atomic E-state index is 0.623. The molecule has 86 valence electrons. The van der Waals surface area contributed by atoms with Gasteiger partial charge in [-0.15, -0.1) is 0 Å². The van der Waals surface area contributed by atoms with Gasteiger partial charge in [-0.05, 0) is 26.3 Å². The van der Waals surface area contributed by atoms with E-state index in [2.05, 4.69) is 22.0 Å². The molecule has 2 aliphatic rings. The Kier molecular flexibility index (Phi) is 3.59. The Bertz CT molecular complexity index is 234. The van der Waals surface area contributed by atoms with Crippen LogP contribution in [0.1, 0.15) is 25.7 Å². The SMILES string of the molecule is CN1CCN(C2CCC/C(=N\O)C2)CC1. The van der Waals surface area contributed by atoms with Gasteiger partial charge in [0, 0.05) is 38.6 Å².